The van der Waals surface area contributed by atoms with Gasteiger partial charge in [0, 0.05) is 11.8 Å². The quantitative estimate of drug-likeness (QED) is 0.149. The second-order valence-electron chi connectivity index (χ2n) is 10.6. The number of nitrogens with one attached hydrogen (secondary N) is 1. The molecule has 1 aromatic rings. The monoisotopic (exact) mass is 610 g/mol. The number of aliphatic hydroxyl groups is 2. The highest BCUT2D eigenvalue weighted by molar-refractivity contribution is 8.16. The van der Waals surface area contributed by atoms with Crippen LogP contribution in [0.5, 0.6) is 5.75 Å². The number of thioether (sulfide) groups is 1. The third-order valence-electron chi connectivity index (χ3n) is 6.72. The van der Waals surface area contributed by atoms with E-state index in [1.54, 1.807) is 32.9 Å². The van der Waals surface area contributed by atoms with Crippen molar-refractivity contribution in [2.75, 3.05) is 19.0 Å². The van der Waals surface area contributed by atoms with Crippen molar-refractivity contribution in [1.29, 1.82) is 0 Å². The van der Waals surface area contributed by atoms with Gasteiger partial charge in [-0.2, -0.15) is 0 Å². The second-order valence-corrected chi connectivity index (χ2v) is 11.6. The molecule has 0 saturated carbocycles. The number of ether oxygens (including phenoxy) is 4. The number of rotatable bonds is 12. The molecule has 14 nitrogen and oxygen atoms in total. The number of carbonyl (C=O) groups excluding carboxylic acids is 1. The molecular formula is C27H38N4O10S. The van der Waals surface area contributed by atoms with Crippen LogP contribution in [0.4, 0.5) is 0 Å². The summed E-state index contributed by atoms with van der Waals surface area (Å²) in [6.45, 7) is 10.3. The van der Waals surface area contributed by atoms with Crippen molar-refractivity contribution in [2.24, 2.45) is 15.9 Å². The van der Waals surface area contributed by atoms with Gasteiger partial charge in [0.1, 0.15) is 47.2 Å². The van der Waals surface area contributed by atoms with Crippen molar-refractivity contribution in [3.8, 4) is 5.75 Å². The number of amides is 1. The van der Waals surface area contributed by atoms with Crippen LogP contribution in [0.15, 0.2) is 44.1 Å². The van der Waals surface area contributed by atoms with E-state index in [-0.39, 0.29) is 18.1 Å². The number of oxime groups is 1. The van der Waals surface area contributed by atoms with Crippen molar-refractivity contribution in [1.82, 2.24) is 5.32 Å². The Morgan fingerprint density at radius 3 is 2.81 bits per heavy atom. The van der Waals surface area contributed by atoms with E-state index in [2.05, 4.69) is 22.0 Å². The van der Waals surface area contributed by atoms with Crippen LogP contribution >= 0.6 is 11.8 Å². The van der Waals surface area contributed by atoms with Gasteiger partial charge in [0.2, 0.25) is 0 Å². The standard InChI is InChI=1S/C27H38N4O10S/c1-6-8-16(17-10-15(36-9-7-2)11-19(33)37-17)29-25(35)27(28)13-42-23(30-27)14(3)31-41-24-22-21(39-26(4,5)40-22)20(34)18(12-32)38-24/h7,10-11,16,18,20-22,24,32,34H,2,6,8-9,12-13,28H2,1,3-5H3,(H,29,35)/b31-14+/t16-,18-,20-,21+,22+,24-,27+/m1/s1. The molecule has 2 fully saturated rings. The summed E-state index contributed by atoms with van der Waals surface area (Å²) in [5.41, 5.74) is 4.50. The van der Waals surface area contributed by atoms with Crippen molar-refractivity contribution in [3.63, 3.8) is 0 Å². The molecule has 7 atom stereocenters. The molecule has 232 valence electrons. The molecular weight excluding hydrogens is 572 g/mol. The van der Waals surface area contributed by atoms with Crippen LogP contribution in [0.3, 0.4) is 0 Å². The number of aliphatic imine (C=N–C) groups is 1. The van der Waals surface area contributed by atoms with Gasteiger partial charge in [0.05, 0.1) is 18.7 Å². The Labute approximate surface area is 247 Å². The number of nitrogens with zero attached hydrogens (tertiary/aromatic N) is 2. The fourth-order valence-electron chi connectivity index (χ4n) is 4.71. The van der Waals surface area contributed by atoms with Crippen molar-refractivity contribution < 1.29 is 43.2 Å². The summed E-state index contributed by atoms with van der Waals surface area (Å²) in [6, 6.07) is 2.13. The first-order valence-electron chi connectivity index (χ1n) is 13.6. The van der Waals surface area contributed by atoms with Gasteiger partial charge in [-0.05, 0) is 27.2 Å². The molecule has 2 saturated heterocycles. The normalized spacial score (nSPS) is 31.2. The molecule has 5 N–H and O–H groups in total. The molecule has 4 heterocycles. The lowest BCUT2D eigenvalue weighted by Crippen LogP contribution is -2.57. The maximum atomic E-state index is 13.3. The van der Waals surface area contributed by atoms with Crippen molar-refractivity contribution in [3.05, 3.63) is 41.0 Å². The predicted octanol–water partition coefficient (Wildman–Crippen LogP) is 0.953. The lowest BCUT2D eigenvalue weighted by atomic mass is 9.99. The highest BCUT2D eigenvalue weighted by Gasteiger charge is 2.56. The lowest BCUT2D eigenvalue weighted by Gasteiger charge is -2.37. The Morgan fingerprint density at radius 2 is 2.12 bits per heavy atom. The van der Waals surface area contributed by atoms with Gasteiger partial charge in [0.25, 0.3) is 12.2 Å². The summed E-state index contributed by atoms with van der Waals surface area (Å²) in [5, 5.41) is 27.5. The zero-order valence-corrected chi connectivity index (χ0v) is 24.8. The highest BCUT2D eigenvalue weighted by atomic mass is 32.2. The van der Waals surface area contributed by atoms with Gasteiger partial charge >= 0.3 is 5.63 Å². The van der Waals surface area contributed by atoms with E-state index in [0.717, 1.165) is 0 Å². The SMILES string of the molecule is C=CCOc1cc([C@@H](CCC)NC(=O)[C@]2(N)CSC(/C(C)=N/O[C@H]3O[C@H](CO)[C@@H](O)[C@@H]4OC(C)(C)O[C@H]34)=N2)oc(=O)c1. The van der Waals surface area contributed by atoms with E-state index in [1.807, 2.05) is 6.92 Å². The smallest absolute Gasteiger partial charge is 0.339 e. The van der Waals surface area contributed by atoms with Crippen LogP contribution in [0.2, 0.25) is 0 Å². The topological polar surface area (TPSA) is 197 Å². The van der Waals surface area contributed by atoms with Crippen LogP contribution < -0.4 is 21.4 Å². The summed E-state index contributed by atoms with van der Waals surface area (Å²) >= 11 is 1.22. The van der Waals surface area contributed by atoms with E-state index < -0.39 is 66.3 Å². The zero-order valence-electron chi connectivity index (χ0n) is 24.0. The average molecular weight is 611 g/mol. The number of fused-ring (bicyclic) bond motifs is 1. The van der Waals surface area contributed by atoms with E-state index in [1.165, 1.54) is 17.8 Å². The molecule has 0 spiro atoms. The summed E-state index contributed by atoms with van der Waals surface area (Å²) in [7, 11) is 0. The van der Waals surface area contributed by atoms with Crippen LogP contribution in [0.1, 0.15) is 52.3 Å². The lowest BCUT2D eigenvalue weighted by molar-refractivity contribution is -0.280. The highest BCUT2D eigenvalue weighted by Crippen LogP contribution is 2.38. The fourth-order valence-corrected chi connectivity index (χ4v) is 5.73. The summed E-state index contributed by atoms with van der Waals surface area (Å²) in [4.78, 5) is 35.5. The molecule has 0 aromatic carbocycles. The van der Waals surface area contributed by atoms with Crippen molar-refractivity contribution >= 4 is 28.4 Å². The van der Waals surface area contributed by atoms with Gasteiger partial charge < -0.3 is 43.7 Å². The number of hydrogen-bond donors (Lipinski definition) is 4. The Bertz CT molecular complexity index is 1270. The van der Waals surface area contributed by atoms with Crippen molar-refractivity contribution in [2.45, 2.75) is 88.7 Å². The molecule has 0 bridgehead atoms. The maximum absolute atomic E-state index is 13.3. The Balaban J connectivity index is 1.46. The summed E-state index contributed by atoms with van der Waals surface area (Å²) in [5.74, 6) is -0.899. The number of nitrogens with two attached hydrogens (primary N) is 1. The molecule has 3 aliphatic heterocycles. The second kappa shape index (κ2) is 13.2. The summed E-state index contributed by atoms with van der Waals surface area (Å²) in [6.07, 6.45) is -2.05. The van der Waals surface area contributed by atoms with Crippen LogP contribution in [0.25, 0.3) is 0 Å². The maximum Gasteiger partial charge on any atom is 0.339 e. The van der Waals surface area contributed by atoms with Gasteiger partial charge in [0.15, 0.2) is 17.6 Å². The van der Waals surface area contributed by atoms with E-state index in [9.17, 15) is 19.8 Å². The Morgan fingerprint density at radius 1 is 1.38 bits per heavy atom. The minimum atomic E-state index is -1.62. The largest absolute Gasteiger partial charge is 0.489 e. The number of carbonyl (C=O) groups is 1. The van der Waals surface area contributed by atoms with Crippen LogP contribution in [-0.2, 0) is 23.8 Å². The number of hydrogen-bond acceptors (Lipinski definition) is 14. The number of aliphatic hydroxyl groups excluding tert-OH is 2. The van der Waals surface area contributed by atoms with E-state index in [0.29, 0.717) is 29.3 Å². The van der Waals surface area contributed by atoms with Crippen LogP contribution in [0, 0.1) is 0 Å². The Hall–Kier alpha value is -2.79. The third-order valence-corrected chi connectivity index (χ3v) is 7.97. The molecule has 1 amide bonds. The Kier molecular flexibility index (Phi) is 10.1. The molecule has 0 aliphatic carbocycles. The molecule has 3 aliphatic rings. The van der Waals surface area contributed by atoms with Gasteiger partial charge in [-0.3, -0.25) is 10.5 Å². The van der Waals surface area contributed by atoms with E-state index in [4.69, 9.17) is 33.9 Å². The minimum Gasteiger partial charge on any atom is -0.489 e. The zero-order chi connectivity index (χ0) is 30.7. The first-order chi connectivity index (χ1) is 19.9. The molecule has 0 radical (unpaired) electrons. The third kappa shape index (κ3) is 7.22. The molecule has 1 aromatic heterocycles. The molecule has 15 heteroatoms. The van der Waals surface area contributed by atoms with Crippen LogP contribution in [-0.4, -0.2) is 88.0 Å². The first kappa shape index (κ1) is 32.1. The first-order valence-corrected chi connectivity index (χ1v) is 14.6. The summed E-state index contributed by atoms with van der Waals surface area (Å²) < 4.78 is 28.2. The van der Waals surface area contributed by atoms with Gasteiger partial charge in [-0.1, -0.05) is 31.2 Å². The van der Waals surface area contributed by atoms with E-state index >= 15 is 0 Å². The molecule has 4 rings (SSSR count). The van der Waals surface area contributed by atoms with Gasteiger partial charge in [-0.25, -0.2) is 9.79 Å². The molecule has 0 unspecified atom stereocenters. The van der Waals surface area contributed by atoms with Gasteiger partial charge in [-0.15, -0.1) is 11.8 Å². The predicted molar refractivity (Wildman–Crippen MR) is 153 cm³/mol. The average Bonchev–Trinajstić information content (AvgIpc) is 3.51. The minimum absolute atomic E-state index is 0.126. The fraction of sp³-hybridized carbons (Fsp3) is 0.630. The molecule has 42 heavy (non-hydrogen) atoms.